The Morgan fingerprint density at radius 3 is 1.19 bits per heavy atom. The Bertz CT molecular complexity index is 2230. The lowest BCUT2D eigenvalue weighted by atomic mass is 9.92. The molecule has 408 valence electrons. The average Bonchev–Trinajstić information content (AvgIpc) is 3.33. The Morgan fingerprint density at radius 2 is 0.778 bits per heavy atom. The molecule has 2 saturated heterocycles. The zero-order valence-electron chi connectivity index (χ0n) is 49.2. The molecule has 1 aromatic rings. The summed E-state index contributed by atoms with van der Waals surface area (Å²) in [5.41, 5.74) is -11.5. The van der Waals surface area contributed by atoms with E-state index in [0.717, 1.165) is 0 Å². The highest BCUT2D eigenvalue weighted by Crippen LogP contribution is 2.40. The first-order chi connectivity index (χ1) is 34.7. The monoisotopic (exact) mass is 1040 g/mol. The van der Waals surface area contributed by atoms with Gasteiger partial charge >= 0.3 is 41.8 Å². The fourth-order valence-corrected chi connectivity index (χ4v) is 7.55. The van der Waals surface area contributed by atoms with Crippen LogP contribution in [0.25, 0.3) is 0 Å². The maximum atomic E-state index is 14.9. The van der Waals surface area contributed by atoms with Crippen molar-refractivity contribution in [2.75, 3.05) is 13.2 Å². The summed E-state index contributed by atoms with van der Waals surface area (Å²) in [5.74, 6) is -6.64. The highest BCUT2D eigenvalue weighted by Gasteiger charge is 2.60. The van der Waals surface area contributed by atoms with Crippen LogP contribution in [-0.2, 0) is 91.7 Å². The summed E-state index contributed by atoms with van der Waals surface area (Å²) >= 11 is 0. The molecular formula is C53H82O18S. The highest BCUT2D eigenvalue weighted by molar-refractivity contribution is 7.85. The average molecular weight is 1040 g/mol. The van der Waals surface area contributed by atoms with Crippen LogP contribution in [-0.4, -0.2) is 120 Å². The first kappa shape index (κ1) is 55.3. The summed E-state index contributed by atoms with van der Waals surface area (Å²) in [7, 11) is -2.26. The van der Waals surface area contributed by atoms with E-state index in [2.05, 4.69) is 0 Å². The maximum absolute atomic E-state index is 14.9. The van der Waals surface area contributed by atoms with Crippen LogP contribution in [0.5, 0.6) is 0 Å². The topological polar surface area (TPSA) is 229 Å². The number of hydrogen-bond donors (Lipinski definition) is 0. The van der Waals surface area contributed by atoms with Crippen molar-refractivity contribution in [1.82, 2.24) is 0 Å². The van der Waals surface area contributed by atoms with Crippen molar-refractivity contribution >= 4 is 52.6 Å². The molecule has 2 aliphatic rings. The molecule has 2 heterocycles. The molecule has 2 unspecified atom stereocenters. The molecule has 0 saturated carbocycles. The van der Waals surface area contributed by atoms with Gasteiger partial charge in [-0.2, -0.15) is 0 Å². The van der Waals surface area contributed by atoms with E-state index in [4.69, 9.17) is 52.9 Å². The van der Waals surface area contributed by atoms with Crippen LogP contribution in [0.3, 0.4) is 0 Å². The smallest absolute Gasteiger partial charge is 0.311 e. The molecule has 2 fully saturated rings. The van der Waals surface area contributed by atoms with E-state index >= 15 is 0 Å². The summed E-state index contributed by atoms with van der Waals surface area (Å²) in [6.07, 6.45) is -17.1. The van der Waals surface area contributed by atoms with Gasteiger partial charge in [0.2, 0.25) is 0 Å². The van der Waals surface area contributed by atoms with Gasteiger partial charge in [-0.25, -0.2) is 0 Å². The fraction of sp³-hybridized carbons (Fsp3) is 0.755. The van der Waals surface area contributed by atoms with Crippen LogP contribution < -0.4 is 0 Å². The lowest BCUT2D eigenvalue weighted by Gasteiger charge is -2.49. The minimum atomic E-state index is -2.26. The molecule has 1 aromatic carbocycles. The lowest BCUT2D eigenvalue weighted by Crippen LogP contribution is -2.68. The third-order valence-electron chi connectivity index (χ3n) is 10.7. The van der Waals surface area contributed by atoms with Crippen molar-refractivity contribution in [3.63, 3.8) is 0 Å². The number of benzene rings is 1. The van der Waals surface area contributed by atoms with Crippen molar-refractivity contribution in [3.8, 4) is 0 Å². The van der Waals surface area contributed by atoms with Gasteiger partial charge in [-0.3, -0.25) is 37.8 Å². The van der Waals surface area contributed by atoms with Crippen LogP contribution in [0, 0.1) is 37.9 Å². The molecule has 11 atom stereocenters. The van der Waals surface area contributed by atoms with Crippen LogP contribution in [0.1, 0.15) is 151 Å². The fourth-order valence-electron chi connectivity index (χ4n) is 6.15. The minimum Gasteiger partial charge on any atom is -0.462 e. The van der Waals surface area contributed by atoms with Gasteiger partial charge in [0, 0.05) is 10.4 Å². The number of esters is 7. The largest absolute Gasteiger partial charge is 0.462 e. The van der Waals surface area contributed by atoms with Gasteiger partial charge in [0.15, 0.2) is 42.2 Å². The van der Waals surface area contributed by atoms with Crippen LogP contribution in [0.15, 0.2) is 35.2 Å². The summed E-state index contributed by atoms with van der Waals surface area (Å²) in [4.78, 5) is 98.5. The second kappa shape index (κ2) is 23.0. The standard InChI is InChI=1S/C53H82O18S/c1-47(2,3)40(54)62-27-30-33(67-42(56)49(7,8)9)34(68-43(57)50(10,11)12)36(70-45(59)52(16,17)18)38(64-30)66-32-31(28-63-41(55)48(4,5)6)65-39(72(61)29-25-23-22-24-26-29)37(71-46(60)53(19,20)21)35(32)69-44(58)51(13,14)15/h22-26,30-39H,27-28H2,1-21H3/t30-,31-,32-,33+,34+,35+,36-,37-,38?,39+,72?/m1/s1/i1D,7D,10D,16D. The van der Waals surface area contributed by atoms with Gasteiger partial charge in [0.1, 0.15) is 31.5 Å². The van der Waals surface area contributed by atoms with Crippen LogP contribution in [0.4, 0.5) is 0 Å². The number of carbonyl (C=O) groups excluding carboxylic acids is 7. The Hall–Kier alpha value is -4.46. The van der Waals surface area contributed by atoms with E-state index in [9.17, 15) is 37.8 Å². The molecule has 3 rings (SSSR count). The molecule has 0 aromatic heterocycles. The van der Waals surface area contributed by atoms with Gasteiger partial charge in [0.05, 0.1) is 48.7 Å². The third kappa shape index (κ3) is 16.8. The molecule has 0 bridgehead atoms. The van der Waals surface area contributed by atoms with Gasteiger partial charge in [0.25, 0.3) is 0 Å². The van der Waals surface area contributed by atoms with E-state index in [1.807, 2.05) is 0 Å². The summed E-state index contributed by atoms with van der Waals surface area (Å²) in [5, 5.41) is 0. The predicted molar refractivity (Wildman–Crippen MR) is 263 cm³/mol. The summed E-state index contributed by atoms with van der Waals surface area (Å²) < 4.78 is 110. The normalized spacial score (nSPS) is 26.7. The van der Waals surface area contributed by atoms with E-state index < -0.39 is 192 Å². The second-order valence-electron chi connectivity index (χ2n) is 24.1. The lowest BCUT2D eigenvalue weighted by molar-refractivity contribution is -0.344. The molecular weight excluding hydrogens is 957 g/mol. The van der Waals surface area contributed by atoms with Crippen molar-refractivity contribution in [2.45, 2.75) is 211 Å². The molecule has 0 amide bonds. The van der Waals surface area contributed by atoms with Crippen molar-refractivity contribution in [3.05, 3.63) is 30.3 Å². The van der Waals surface area contributed by atoms with Crippen LogP contribution in [0.2, 0.25) is 0 Å². The number of hydrogen-bond acceptors (Lipinski definition) is 18. The number of ether oxygens (including phenoxy) is 10. The zero-order chi connectivity index (χ0) is 58.3. The molecule has 0 radical (unpaired) electrons. The Kier molecular flexibility index (Phi) is 17.6. The summed E-state index contributed by atoms with van der Waals surface area (Å²) in [6.45, 7) is 21.6. The molecule has 72 heavy (non-hydrogen) atoms. The molecule has 0 N–H and O–H groups in total. The van der Waals surface area contributed by atoms with Gasteiger partial charge in [-0.1, -0.05) is 18.2 Å². The van der Waals surface area contributed by atoms with Crippen molar-refractivity contribution < 1.29 is 90.6 Å². The van der Waals surface area contributed by atoms with Crippen molar-refractivity contribution in [2.24, 2.45) is 37.9 Å². The Labute approximate surface area is 434 Å². The molecule has 0 spiro atoms. The van der Waals surface area contributed by atoms with Gasteiger partial charge in [-0.15, -0.1) is 0 Å². The first-order valence-electron chi connectivity index (χ1n) is 26.5. The van der Waals surface area contributed by atoms with E-state index in [1.54, 1.807) is 59.7 Å². The van der Waals surface area contributed by atoms with Crippen molar-refractivity contribution in [1.29, 1.82) is 0 Å². The van der Waals surface area contributed by atoms with Gasteiger partial charge in [-0.05, 0) is 157 Å². The molecule has 0 aliphatic carbocycles. The van der Waals surface area contributed by atoms with E-state index in [-0.39, 0.29) is 4.90 Å². The molecule has 18 nitrogen and oxygen atoms in total. The molecule has 19 heteroatoms. The quantitative estimate of drug-likeness (QED) is 0.137. The van der Waals surface area contributed by atoms with Crippen LogP contribution >= 0.6 is 0 Å². The minimum absolute atomic E-state index is 0.190. The highest BCUT2D eigenvalue weighted by atomic mass is 32.2. The van der Waals surface area contributed by atoms with Gasteiger partial charge < -0.3 is 47.4 Å². The number of rotatable bonds is 13. The maximum Gasteiger partial charge on any atom is 0.311 e. The first-order valence-corrected chi connectivity index (χ1v) is 24.9. The SMILES string of the molecule is [2H]CC(C)(C)C(=O)OC[C@H]1OC(O[C@H]2[C@H](OC(=O)C(C)(C)C)[C@@H](OC(=O)C(C)(C)C)[C@H](S(=O)c3ccccc3)O[C@@H]2COC(=O)C(C)(C)C)[C@H](OC(=O)C(C)(C)C[2H])[C@@H](OC(=O)C(C)(C)C[2H])[C@H]1OC(=O)C(C)(C)C[2H]. The third-order valence-corrected chi connectivity index (χ3v) is 12.2. The molecule has 2 aliphatic heterocycles. The number of carbonyl (C=O) groups is 7. The second-order valence-corrected chi connectivity index (χ2v) is 25.7. The Morgan fingerprint density at radius 1 is 0.444 bits per heavy atom. The zero-order valence-corrected chi connectivity index (χ0v) is 46.0. The predicted octanol–water partition coefficient (Wildman–Crippen LogP) is 7.60. The van der Waals surface area contributed by atoms with E-state index in [0.29, 0.717) is 0 Å². The van der Waals surface area contributed by atoms with E-state index in [1.165, 1.54) is 88.3 Å². The summed E-state index contributed by atoms with van der Waals surface area (Å²) in [6, 6.07) is 7.94. The Balaban J connectivity index is 2.58.